The number of nitrogens with zero attached hydrogens (tertiary/aromatic N) is 3. The number of aromatic nitrogens is 3. The van der Waals surface area contributed by atoms with Crippen molar-refractivity contribution < 1.29 is 4.79 Å². The fourth-order valence-corrected chi connectivity index (χ4v) is 3.45. The summed E-state index contributed by atoms with van der Waals surface area (Å²) in [5, 5.41) is 12.9. The highest BCUT2D eigenvalue weighted by molar-refractivity contribution is 7.99. The minimum Gasteiger partial charge on any atom is -0.355 e. The molecule has 0 saturated heterocycles. The predicted octanol–water partition coefficient (Wildman–Crippen LogP) is 4.60. The van der Waals surface area contributed by atoms with Crippen molar-refractivity contribution in [3.63, 3.8) is 0 Å². The van der Waals surface area contributed by atoms with Crippen LogP contribution in [0.2, 0.25) is 5.02 Å². The number of nitrogens with one attached hydrogen (secondary N) is 1. The molecule has 0 unspecified atom stereocenters. The average Bonchev–Trinajstić information content (AvgIpc) is 3.12. The number of rotatable bonds is 8. The topological polar surface area (TPSA) is 59.8 Å². The zero-order valence-electron chi connectivity index (χ0n) is 15.1. The zero-order valence-corrected chi connectivity index (χ0v) is 16.6. The maximum Gasteiger partial charge on any atom is 0.230 e. The zero-order chi connectivity index (χ0) is 19.1. The van der Waals surface area contributed by atoms with Crippen molar-refractivity contribution in [3.05, 3.63) is 59.6 Å². The summed E-state index contributed by atoms with van der Waals surface area (Å²) in [5.41, 5.74) is 1.86. The molecule has 3 aromatic rings. The Morgan fingerprint density at radius 1 is 1.11 bits per heavy atom. The maximum atomic E-state index is 12.1. The van der Waals surface area contributed by atoms with Gasteiger partial charge in [-0.25, -0.2) is 0 Å². The van der Waals surface area contributed by atoms with Gasteiger partial charge in [0.15, 0.2) is 11.0 Å². The largest absolute Gasteiger partial charge is 0.355 e. The first kappa shape index (κ1) is 19.5. The lowest BCUT2D eigenvalue weighted by Crippen LogP contribution is -2.26. The summed E-state index contributed by atoms with van der Waals surface area (Å²) in [5.74, 6) is 1.02. The van der Waals surface area contributed by atoms with E-state index in [9.17, 15) is 4.79 Å². The number of amides is 1. The van der Waals surface area contributed by atoms with Crippen LogP contribution in [0.1, 0.15) is 19.8 Å². The SMILES string of the molecule is CCCCNC(=O)CSc1nnc(-c2ccccc2)n1-c1ccc(Cl)cc1. The van der Waals surface area contributed by atoms with E-state index < -0.39 is 0 Å². The molecule has 0 bridgehead atoms. The van der Waals surface area contributed by atoms with Gasteiger partial charge < -0.3 is 5.32 Å². The smallest absolute Gasteiger partial charge is 0.230 e. The molecule has 27 heavy (non-hydrogen) atoms. The second-order valence-electron chi connectivity index (χ2n) is 5.98. The second-order valence-corrected chi connectivity index (χ2v) is 7.36. The van der Waals surface area contributed by atoms with Crippen molar-refractivity contribution in [2.75, 3.05) is 12.3 Å². The van der Waals surface area contributed by atoms with E-state index in [0.717, 1.165) is 29.9 Å². The van der Waals surface area contributed by atoms with Gasteiger partial charge in [-0.3, -0.25) is 9.36 Å². The standard InChI is InChI=1S/C20H21ClN4OS/c1-2-3-13-22-18(26)14-27-20-24-23-19(15-7-5-4-6-8-15)25(20)17-11-9-16(21)10-12-17/h4-12H,2-3,13-14H2,1H3,(H,22,26). The van der Waals surface area contributed by atoms with E-state index in [-0.39, 0.29) is 5.91 Å². The molecule has 7 heteroatoms. The Morgan fingerprint density at radius 2 is 1.85 bits per heavy atom. The van der Waals surface area contributed by atoms with Gasteiger partial charge in [0.05, 0.1) is 5.75 Å². The van der Waals surface area contributed by atoms with Crippen LogP contribution in [-0.2, 0) is 4.79 Å². The molecular weight excluding hydrogens is 380 g/mol. The third-order valence-corrected chi connectivity index (χ3v) is 5.12. The van der Waals surface area contributed by atoms with Gasteiger partial charge in [0.2, 0.25) is 5.91 Å². The number of benzene rings is 2. The minimum atomic E-state index is 0.000340. The summed E-state index contributed by atoms with van der Waals surface area (Å²) in [6, 6.07) is 17.4. The van der Waals surface area contributed by atoms with Crippen molar-refractivity contribution in [1.29, 1.82) is 0 Å². The molecule has 0 saturated carbocycles. The van der Waals surface area contributed by atoms with Crippen LogP contribution in [0.3, 0.4) is 0 Å². The summed E-state index contributed by atoms with van der Waals surface area (Å²) in [6.45, 7) is 2.80. The van der Waals surface area contributed by atoms with Crippen LogP contribution in [0, 0.1) is 0 Å². The van der Waals surface area contributed by atoms with Crippen molar-refractivity contribution in [3.8, 4) is 17.1 Å². The lowest BCUT2D eigenvalue weighted by Gasteiger charge is -2.10. The van der Waals surface area contributed by atoms with Gasteiger partial charge in [-0.05, 0) is 30.7 Å². The molecule has 0 fully saturated rings. The molecule has 0 spiro atoms. The number of halogens is 1. The predicted molar refractivity (Wildman–Crippen MR) is 110 cm³/mol. The van der Waals surface area contributed by atoms with E-state index in [1.807, 2.05) is 59.2 Å². The van der Waals surface area contributed by atoms with Crippen molar-refractivity contribution in [2.45, 2.75) is 24.9 Å². The van der Waals surface area contributed by atoms with Crippen molar-refractivity contribution in [1.82, 2.24) is 20.1 Å². The lowest BCUT2D eigenvalue weighted by molar-refractivity contribution is -0.118. The molecule has 0 radical (unpaired) electrons. The van der Waals surface area contributed by atoms with Crippen LogP contribution < -0.4 is 5.32 Å². The van der Waals surface area contributed by atoms with Crippen LogP contribution in [-0.4, -0.2) is 33.0 Å². The summed E-state index contributed by atoms with van der Waals surface area (Å²) >= 11 is 7.41. The monoisotopic (exact) mass is 400 g/mol. The first-order chi connectivity index (χ1) is 13.2. The third kappa shape index (κ3) is 5.11. The Labute approximate surface area is 168 Å². The Bertz CT molecular complexity index is 881. The molecule has 2 aromatic carbocycles. The summed E-state index contributed by atoms with van der Waals surface area (Å²) in [7, 11) is 0. The lowest BCUT2D eigenvalue weighted by atomic mass is 10.2. The molecule has 3 rings (SSSR count). The summed E-state index contributed by atoms with van der Waals surface area (Å²) in [4.78, 5) is 12.1. The average molecular weight is 401 g/mol. The normalized spacial score (nSPS) is 10.7. The first-order valence-electron chi connectivity index (χ1n) is 8.85. The van der Waals surface area contributed by atoms with Crippen LogP contribution in [0.5, 0.6) is 0 Å². The van der Waals surface area contributed by atoms with E-state index in [1.54, 1.807) is 0 Å². The van der Waals surface area contributed by atoms with Gasteiger partial charge >= 0.3 is 0 Å². The van der Waals surface area contributed by atoms with E-state index in [1.165, 1.54) is 11.8 Å². The number of hydrogen-bond acceptors (Lipinski definition) is 4. The highest BCUT2D eigenvalue weighted by atomic mass is 35.5. The van der Waals surface area contributed by atoms with Crippen LogP contribution in [0.25, 0.3) is 17.1 Å². The van der Waals surface area contributed by atoms with Gasteiger partial charge in [-0.1, -0.05) is 67.0 Å². The van der Waals surface area contributed by atoms with E-state index in [2.05, 4.69) is 22.4 Å². The van der Waals surface area contributed by atoms with E-state index in [0.29, 0.717) is 22.5 Å². The number of hydrogen-bond donors (Lipinski definition) is 1. The fourth-order valence-electron chi connectivity index (χ4n) is 2.55. The molecular formula is C20H21ClN4OS. The number of carbonyl (C=O) groups excluding carboxylic acids is 1. The molecule has 5 nitrogen and oxygen atoms in total. The molecule has 0 atom stereocenters. The molecule has 0 aliphatic carbocycles. The number of thioether (sulfide) groups is 1. The molecule has 1 aromatic heterocycles. The molecule has 1 amide bonds. The molecule has 140 valence electrons. The Kier molecular flexibility index (Phi) is 6.90. The Balaban J connectivity index is 1.86. The van der Waals surface area contributed by atoms with Crippen LogP contribution in [0.4, 0.5) is 0 Å². The Hall–Kier alpha value is -2.31. The summed E-state index contributed by atoms with van der Waals surface area (Å²) in [6.07, 6.45) is 2.04. The number of carbonyl (C=O) groups is 1. The van der Waals surface area contributed by atoms with Crippen molar-refractivity contribution >= 4 is 29.3 Å². The quantitative estimate of drug-likeness (QED) is 0.443. The van der Waals surface area contributed by atoms with Gasteiger partial charge in [0.25, 0.3) is 0 Å². The highest BCUT2D eigenvalue weighted by Gasteiger charge is 2.17. The van der Waals surface area contributed by atoms with Gasteiger partial charge in [0.1, 0.15) is 0 Å². The van der Waals surface area contributed by atoms with E-state index in [4.69, 9.17) is 11.6 Å². The Morgan fingerprint density at radius 3 is 2.56 bits per heavy atom. The second kappa shape index (κ2) is 9.58. The fraction of sp³-hybridized carbons (Fsp3) is 0.250. The molecule has 1 heterocycles. The molecule has 0 aliphatic rings. The van der Waals surface area contributed by atoms with Gasteiger partial charge in [0, 0.05) is 22.8 Å². The maximum absolute atomic E-state index is 12.1. The molecule has 0 aliphatic heterocycles. The van der Waals surface area contributed by atoms with Crippen LogP contribution in [0.15, 0.2) is 59.8 Å². The van der Waals surface area contributed by atoms with Crippen LogP contribution >= 0.6 is 23.4 Å². The molecule has 1 N–H and O–H groups in total. The van der Waals surface area contributed by atoms with Gasteiger partial charge in [-0.2, -0.15) is 0 Å². The summed E-state index contributed by atoms with van der Waals surface area (Å²) < 4.78 is 1.95. The van der Waals surface area contributed by atoms with Gasteiger partial charge in [-0.15, -0.1) is 10.2 Å². The first-order valence-corrected chi connectivity index (χ1v) is 10.2. The highest BCUT2D eigenvalue weighted by Crippen LogP contribution is 2.28. The van der Waals surface area contributed by atoms with Crippen molar-refractivity contribution in [2.24, 2.45) is 0 Å². The third-order valence-electron chi connectivity index (χ3n) is 3.94. The van der Waals surface area contributed by atoms with E-state index >= 15 is 0 Å². The minimum absolute atomic E-state index is 0.000340. The number of unbranched alkanes of at least 4 members (excludes halogenated alkanes) is 1.